The van der Waals surface area contributed by atoms with Crippen LogP contribution in [0.5, 0.6) is 0 Å². The minimum absolute atomic E-state index is 0.771. The Hall–Kier alpha value is -7.96. The lowest BCUT2D eigenvalue weighted by atomic mass is 9.98. The molecule has 0 radical (unpaired) electrons. The fourth-order valence-electron chi connectivity index (χ4n) is 10.8. The van der Waals surface area contributed by atoms with Crippen LogP contribution in [0.25, 0.3) is 87.8 Å². The van der Waals surface area contributed by atoms with Gasteiger partial charge >= 0.3 is 0 Å². The van der Waals surface area contributed by atoms with E-state index in [-0.39, 0.29) is 0 Å². The molecule has 6 heteroatoms. The Bertz CT molecular complexity index is 4090. The number of allylic oxidation sites excluding steroid dienone is 3. The Balaban J connectivity index is 1.12. The molecule has 4 aromatic heterocycles. The van der Waals surface area contributed by atoms with Crippen molar-refractivity contribution >= 4 is 116 Å². The van der Waals surface area contributed by atoms with Crippen LogP contribution in [0.4, 0.5) is 28.4 Å². The Morgan fingerprint density at radius 3 is 1.42 bits per heavy atom. The zero-order valence-electron chi connectivity index (χ0n) is 37.8. The number of furan rings is 4. The number of hydrogen-bond donors (Lipinski definition) is 0. The molecule has 0 spiro atoms. The number of rotatable bonds is 6. The zero-order valence-corrected chi connectivity index (χ0v) is 37.8. The number of anilines is 5. The fourth-order valence-corrected chi connectivity index (χ4v) is 10.8. The first-order chi connectivity index (χ1) is 32.2. The van der Waals surface area contributed by atoms with Gasteiger partial charge in [-0.25, -0.2) is 0 Å². The van der Waals surface area contributed by atoms with E-state index in [1.54, 1.807) is 0 Å². The summed E-state index contributed by atoms with van der Waals surface area (Å²) >= 11 is 0. The van der Waals surface area contributed by atoms with Crippen molar-refractivity contribution in [2.45, 2.75) is 54.4 Å². The van der Waals surface area contributed by atoms with Gasteiger partial charge in [-0.3, -0.25) is 0 Å². The third-order valence-corrected chi connectivity index (χ3v) is 13.9. The van der Waals surface area contributed by atoms with Crippen molar-refractivity contribution in [1.82, 2.24) is 0 Å². The standard InChI is InChI=1S/C60H46N2O4/c1-33-23-25-45(37(5)27-33)61(43-19-11-7-15-35(43)3)47-31-53-55(57-39-17-9-13-21-49(39)65-59(47)57)41-29-52-42(30-51(41)63-53)56-54(64-52)32-48(60-58(56)40-18-10-14-22-50(40)66-60)62(44-20-12-8-16-36(44)4)46-26-24-34(2)28-38(46)6/h7,9-15,17-32H,8,16H2,1-6H3. The summed E-state index contributed by atoms with van der Waals surface area (Å²) in [6.07, 6.45) is 6.56. The molecule has 12 aromatic rings. The van der Waals surface area contributed by atoms with E-state index in [1.807, 2.05) is 12.1 Å². The summed E-state index contributed by atoms with van der Waals surface area (Å²) in [5.74, 6) is 0. The van der Waals surface area contributed by atoms with Gasteiger partial charge in [-0.1, -0.05) is 96.1 Å². The third kappa shape index (κ3) is 5.60. The van der Waals surface area contributed by atoms with Crippen molar-refractivity contribution in [1.29, 1.82) is 0 Å². The maximum atomic E-state index is 7.11. The van der Waals surface area contributed by atoms with E-state index in [0.29, 0.717) is 0 Å². The van der Waals surface area contributed by atoms with E-state index < -0.39 is 0 Å². The molecule has 0 N–H and O–H groups in total. The minimum atomic E-state index is 0.771. The number of nitrogens with zero attached hydrogens (tertiary/aromatic N) is 2. The number of benzene rings is 8. The summed E-state index contributed by atoms with van der Waals surface area (Å²) in [5.41, 5.74) is 19.9. The normalized spacial score (nSPS) is 13.4. The number of hydrogen-bond acceptors (Lipinski definition) is 6. The van der Waals surface area contributed by atoms with Crippen molar-refractivity contribution in [2.75, 3.05) is 9.80 Å². The Morgan fingerprint density at radius 1 is 0.379 bits per heavy atom. The molecule has 0 amide bonds. The van der Waals surface area contributed by atoms with Crippen LogP contribution in [-0.4, -0.2) is 0 Å². The molecule has 0 saturated heterocycles. The van der Waals surface area contributed by atoms with Crippen LogP contribution < -0.4 is 9.80 Å². The van der Waals surface area contributed by atoms with Crippen LogP contribution >= 0.6 is 0 Å². The highest BCUT2D eigenvalue weighted by Crippen LogP contribution is 2.52. The first-order valence-corrected chi connectivity index (χ1v) is 22.9. The lowest BCUT2D eigenvalue weighted by Crippen LogP contribution is -2.19. The van der Waals surface area contributed by atoms with E-state index in [2.05, 4.69) is 185 Å². The van der Waals surface area contributed by atoms with Crippen molar-refractivity contribution in [2.24, 2.45) is 0 Å². The summed E-state index contributed by atoms with van der Waals surface area (Å²) in [6, 6.07) is 47.2. The summed E-state index contributed by atoms with van der Waals surface area (Å²) in [5, 5.41) is 8.03. The smallest absolute Gasteiger partial charge is 0.160 e. The van der Waals surface area contributed by atoms with Gasteiger partial charge in [0, 0.05) is 78.0 Å². The van der Waals surface area contributed by atoms with Crippen LogP contribution in [0, 0.1) is 34.6 Å². The number of aryl methyl sites for hydroxylation is 5. The van der Waals surface area contributed by atoms with Gasteiger partial charge < -0.3 is 27.5 Å². The van der Waals surface area contributed by atoms with Crippen LogP contribution in [0.3, 0.4) is 0 Å². The fraction of sp³-hybridized carbons (Fsp3) is 0.133. The molecule has 8 aromatic carbocycles. The van der Waals surface area contributed by atoms with Crippen LogP contribution in [0.15, 0.2) is 175 Å². The lowest BCUT2D eigenvalue weighted by molar-refractivity contribution is 0.660. The largest absolute Gasteiger partial charge is 0.456 e. The molecule has 1 aliphatic rings. The summed E-state index contributed by atoms with van der Waals surface area (Å²) in [6.45, 7) is 13.1. The van der Waals surface area contributed by atoms with E-state index in [9.17, 15) is 0 Å². The monoisotopic (exact) mass is 858 g/mol. The van der Waals surface area contributed by atoms with Crippen LogP contribution in [0.2, 0.25) is 0 Å². The SMILES string of the molecule is CC1=C(N(c2ccc(C)cc2C)c2cc3oc4cc5c(cc4c3c3c2oc2ccccc23)oc2cc(N(c3ccccc3C)c3ccc(C)cc3C)c3oc4ccccc4c3c25)C=CCC1. The number of para-hydroxylation sites is 3. The molecular weight excluding hydrogens is 813 g/mol. The molecular formula is C60H46N2O4. The summed E-state index contributed by atoms with van der Waals surface area (Å²) in [7, 11) is 0. The molecule has 1 aliphatic carbocycles. The van der Waals surface area contributed by atoms with Gasteiger partial charge in [-0.15, -0.1) is 0 Å². The Labute approximate surface area is 381 Å². The highest BCUT2D eigenvalue weighted by Gasteiger charge is 2.30. The van der Waals surface area contributed by atoms with Crippen molar-refractivity contribution in [3.05, 3.63) is 185 Å². The summed E-state index contributed by atoms with van der Waals surface area (Å²) < 4.78 is 28.2. The molecule has 4 heterocycles. The molecule has 13 rings (SSSR count). The first-order valence-electron chi connectivity index (χ1n) is 22.9. The summed E-state index contributed by atoms with van der Waals surface area (Å²) in [4.78, 5) is 4.72. The highest BCUT2D eigenvalue weighted by molar-refractivity contribution is 6.33. The number of fused-ring (bicyclic) bond motifs is 14. The second kappa shape index (κ2) is 14.3. The average molecular weight is 859 g/mol. The highest BCUT2D eigenvalue weighted by atomic mass is 16.3. The van der Waals surface area contributed by atoms with Crippen LogP contribution in [-0.2, 0) is 0 Å². The molecule has 6 nitrogen and oxygen atoms in total. The Morgan fingerprint density at radius 2 is 0.879 bits per heavy atom. The predicted molar refractivity (Wildman–Crippen MR) is 274 cm³/mol. The van der Waals surface area contributed by atoms with Gasteiger partial charge in [-0.2, -0.15) is 0 Å². The van der Waals surface area contributed by atoms with Gasteiger partial charge in [0.1, 0.15) is 33.5 Å². The van der Waals surface area contributed by atoms with Crippen molar-refractivity contribution in [3.8, 4) is 0 Å². The maximum Gasteiger partial charge on any atom is 0.160 e. The van der Waals surface area contributed by atoms with Gasteiger partial charge in [0.15, 0.2) is 11.2 Å². The quantitative estimate of drug-likeness (QED) is 0.166. The first kappa shape index (κ1) is 38.5. The van der Waals surface area contributed by atoms with E-state index >= 15 is 0 Å². The van der Waals surface area contributed by atoms with Gasteiger partial charge in [0.05, 0.1) is 11.4 Å². The molecule has 0 fully saturated rings. The van der Waals surface area contributed by atoms with Crippen LogP contribution in [0.1, 0.15) is 47.6 Å². The topological polar surface area (TPSA) is 59.0 Å². The molecule has 0 saturated carbocycles. The maximum absolute atomic E-state index is 7.11. The lowest BCUT2D eigenvalue weighted by Gasteiger charge is -2.31. The Kier molecular flexibility index (Phi) is 8.32. The van der Waals surface area contributed by atoms with Crippen molar-refractivity contribution in [3.63, 3.8) is 0 Å². The molecule has 320 valence electrons. The minimum Gasteiger partial charge on any atom is -0.456 e. The van der Waals surface area contributed by atoms with Crippen molar-refractivity contribution < 1.29 is 17.7 Å². The molecule has 0 atom stereocenters. The van der Waals surface area contributed by atoms with E-state index in [1.165, 1.54) is 27.8 Å². The predicted octanol–water partition coefficient (Wildman–Crippen LogP) is 18.1. The second-order valence-corrected chi connectivity index (χ2v) is 18.3. The third-order valence-electron chi connectivity index (χ3n) is 13.9. The van der Waals surface area contributed by atoms with Gasteiger partial charge in [0.25, 0.3) is 0 Å². The van der Waals surface area contributed by atoms with E-state index in [4.69, 9.17) is 17.7 Å². The van der Waals surface area contributed by atoms with E-state index in [0.717, 1.165) is 140 Å². The molecule has 0 unspecified atom stereocenters. The van der Waals surface area contributed by atoms with Gasteiger partial charge in [0.2, 0.25) is 0 Å². The zero-order chi connectivity index (χ0) is 44.5. The average Bonchev–Trinajstić information content (AvgIpc) is 4.08. The molecule has 0 bridgehead atoms. The molecule has 66 heavy (non-hydrogen) atoms. The second-order valence-electron chi connectivity index (χ2n) is 18.3. The molecule has 0 aliphatic heterocycles. The van der Waals surface area contributed by atoms with Gasteiger partial charge in [-0.05, 0) is 125 Å².